The van der Waals surface area contributed by atoms with E-state index >= 15 is 0 Å². The van der Waals surface area contributed by atoms with Crippen LogP contribution >= 0.6 is 0 Å². The van der Waals surface area contributed by atoms with Crippen molar-refractivity contribution in [3.05, 3.63) is 53.7 Å². The van der Waals surface area contributed by atoms with Crippen molar-refractivity contribution in [2.75, 3.05) is 31.1 Å². The number of aromatic amines is 1. The van der Waals surface area contributed by atoms with Crippen molar-refractivity contribution in [2.24, 2.45) is 0 Å². The summed E-state index contributed by atoms with van der Waals surface area (Å²) in [6.45, 7) is 4.42. The van der Waals surface area contributed by atoms with Crippen LogP contribution in [0.4, 0.5) is 10.3 Å². The number of fused-ring (bicyclic) bond motifs is 1. The minimum atomic E-state index is -0.316. The van der Waals surface area contributed by atoms with Crippen LogP contribution in [0, 0.1) is 12.7 Å². The molecule has 3 heterocycles. The molecule has 4 rings (SSSR count). The van der Waals surface area contributed by atoms with E-state index in [1.165, 1.54) is 12.1 Å². The predicted octanol–water partition coefficient (Wildman–Crippen LogP) is 2.37. The monoisotopic (exact) mass is 339 g/mol. The number of nitrogens with one attached hydrogen (secondary N) is 1. The van der Waals surface area contributed by atoms with Gasteiger partial charge in [-0.2, -0.15) is 0 Å². The first-order valence-electron chi connectivity index (χ1n) is 8.22. The van der Waals surface area contributed by atoms with Gasteiger partial charge in [-0.3, -0.25) is 4.79 Å². The highest BCUT2D eigenvalue weighted by molar-refractivity contribution is 6.08. The first-order valence-corrected chi connectivity index (χ1v) is 8.22. The second-order valence-corrected chi connectivity index (χ2v) is 6.14. The number of carbonyl (C=O) groups is 1. The van der Waals surface area contributed by atoms with Crippen LogP contribution in [0.2, 0.25) is 0 Å². The number of aromatic nitrogens is 3. The molecule has 7 heteroatoms. The zero-order valence-electron chi connectivity index (χ0n) is 13.9. The van der Waals surface area contributed by atoms with Gasteiger partial charge in [0.1, 0.15) is 5.82 Å². The number of piperazine rings is 1. The summed E-state index contributed by atoms with van der Waals surface area (Å²) < 4.78 is 13.4. The summed E-state index contributed by atoms with van der Waals surface area (Å²) in [4.78, 5) is 28.5. The van der Waals surface area contributed by atoms with Gasteiger partial charge in [-0.25, -0.2) is 14.4 Å². The minimum Gasteiger partial charge on any atom is -0.358 e. The molecule has 1 fully saturated rings. The molecule has 0 aliphatic carbocycles. The quantitative estimate of drug-likeness (QED) is 0.778. The number of amides is 1. The maximum absolute atomic E-state index is 13.4. The van der Waals surface area contributed by atoms with E-state index in [4.69, 9.17) is 0 Å². The normalized spacial score (nSPS) is 15.0. The molecule has 0 spiro atoms. The van der Waals surface area contributed by atoms with Crippen LogP contribution in [0.1, 0.15) is 16.1 Å². The highest BCUT2D eigenvalue weighted by Crippen LogP contribution is 2.25. The highest BCUT2D eigenvalue weighted by Gasteiger charge is 2.26. The van der Waals surface area contributed by atoms with Crippen molar-refractivity contribution in [1.29, 1.82) is 0 Å². The van der Waals surface area contributed by atoms with Gasteiger partial charge in [-0.05, 0) is 31.2 Å². The number of carbonyl (C=O) groups excluding carboxylic acids is 1. The zero-order valence-corrected chi connectivity index (χ0v) is 13.9. The number of anilines is 1. The topological polar surface area (TPSA) is 65.1 Å². The first kappa shape index (κ1) is 15.6. The molecule has 1 aliphatic heterocycles. The first-order chi connectivity index (χ1) is 12.1. The molecule has 1 aliphatic rings. The molecule has 0 atom stereocenters. The van der Waals surface area contributed by atoms with Crippen molar-refractivity contribution in [1.82, 2.24) is 19.9 Å². The third kappa shape index (κ3) is 2.82. The summed E-state index contributed by atoms with van der Waals surface area (Å²) in [6, 6.07) is 6.25. The molecule has 1 amide bonds. The van der Waals surface area contributed by atoms with E-state index in [1.807, 2.05) is 11.8 Å². The van der Waals surface area contributed by atoms with Crippen molar-refractivity contribution >= 4 is 22.8 Å². The Hall–Kier alpha value is -2.96. The van der Waals surface area contributed by atoms with E-state index in [-0.39, 0.29) is 11.7 Å². The van der Waals surface area contributed by atoms with Gasteiger partial charge in [-0.1, -0.05) is 0 Å². The molecule has 3 aromatic rings. The zero-order chi connectivity index (χ0) is 17.4. The van der Waals surface area contributed by atoms with Crippen LogP contribution in [0.5, 0.6) is 0 Å². The summed E-state index contributed by atoms with van der Waals surface area (Å²) in [5.74, 6) is 0.349. The molecule has 0 unspecified atom stereocenters. The average Bonchev–Trinajstić information content (AvgIpc) is 2.97. The summed E-state index contributed by atoms with van der Waals surface area (Å²) in [7, 11) is 0. The predicted molar refractivity (Wildman–Crippen MR) is 93.1 cm³/mol. The van der Waals surface area contributed by atoms with Crippen LogP contribution in [0.25, 0.3) is 10.9 Å². The van der Waals surface area contributed by atoms with Crippen LogP contribution in [-0.2, 0) is 0 Å². The molecule has 0 bridgehead atoms. The Balaban J connectivity index is 1.54. The van der Waals surface area contributed by atoms with Crippen molar-refractivity contribution in [3.63, 3.8) is 0 Å². The highest BCUT2D eigenvalue weighted by atomic mass is 19.1. The van der Waals surface area contributed by atoms with E-state index in [9.17, 15) is 9.18 Å². The molecule has 6 nitrogen and oxygen atoms in total. The second-order valence-electron chi connectivity index (χ2n) is 6.14. The van der Waals surface area contributed by atoms with Gasteiger partial charge in [0.2, 0.25) is 5.95 Å². The second kappa shape index (κ2) is 6.16. The molecule has 1 N–H and O–H groups in total. The standard InChI is InChI=1S/C18H18FN5O/c1-12-16(14-4-3-13(19)11-15(14)22-12)17(25)23-7-9-24(10-8-23)18-20-5-2-6-21-18/h2-6,11,22H,7-10H2,1H3. The Bertz CT molecular complexity index is 916. The lowest BCUT2D eigenvalue weighted by Crippen LogP contribution is -2.49. The van der Waals surface area contributed by atoms with Crippen LogP contribution < -0.4 is 4.90 Å². The SMILES string of the molecule is Cc1[nH]c2cc(F)ccc2c1C(=O)N1CCN(c2ncccn2)CC1. The number of hydrogen-bond donors (Lipinski definition) is 1. The third-order valence-electron chi connectivity index (χ3n) is 4.56. The maximum atomic E-state index is 13.4. The van der Waals surface area contributed by atoms with Gasteiger partial charge in [0.15, 0.2) is 0 Å². The lowest BCUT2D eigenvalue weighted by molar-refractivity contribution is 0.0747. The average molecular weight is 339 g/mol. The molecule has 1 saturated heterocycles. The molecule has 0 saturated carbocycles. The Labute approximate surface area is 144 Å². The molecule has 25 heavy (non-hydrogen) atoms. The summed E-state index contributed by atoms with van der Waals surface area (Å²) >= 11 is 0. The number of rotatable bonds is 2. The molecule has 128 valence electrons. The van der Waals surface area contributed by atoms with E-state index in [2.05, 4.69) is 19.9 Å². The number of benzene rings is 1. The summed E-state index contributed by atoms with van der Waals surface area (Å²) in [6.07, 6.45) is 3.43. The fourth-order valence-electron chi connectivity index (χ4n) is 3.30. The molecule has 1 aromatic carbocycles. The van der Waals surface area contributed by atoms with Crippen LogP contribution in [0.3, 0.4) is 0 Å². The van der Waals surface area contributed by atoms with Gasteiger partial charge in [0.25, 0.3) is 5.91 Å². The molecule has 0 radical (unpaired) electrons. The Morgan fingerprint density at radius 3 is 2.60 bits per heavy atom. The summed E-state index contributed by atoms with van der Waals surface area (Å²) in [5.41, 5.74) is 2.04. The Morgan fingerprint density at radius 2 is 1.88 bits per heavy atom. The number of aryl methyl sites for hydroxylation is 1. The van der Waals surface area contributed by atoms with E-state index in [1.54, 1.807) is 24.5 Å². The van der Waals surface area contributed by atoms with Gasteiger partial charge >= 0.3 is 0 Å². The number of nitrogens with zero attached hydrogens (tertiary/aromatic N) is 4. The van der Waals surface area contributed by atoms with Gasteiger partial charge < -0.3 is 14.8 Å². The van der Waals surface area contributed by atoms with Crippen molar-refractivity contribution in [2.45, 2.75) is 6.92 Å². The summed E-state index contributed by atoms with van der Waals surface area (Å²) in [5, 5.41) is 0.762. The van der Waals surface area contributed by atoms with Crippen molar-refractivity contribution in [3.8, 4) is 0 Å². The van der Waals surface area contributed by atoms with Crippen molar-refractivity contribution < 1.29 is 9.18 Å². The van der Waals surface area contributed by atoms with Crippen LogP contribution in [-0.4, -0.2) is 51.9 Å². The fourth-order valence-corrected chi connectivity index (χ4v) is 3.30. The largest absolute Gasteiger partial charge is 0.358 e. The lowest BCUT2D eigenvalue weighted by atomic mass is 10.1. The molecular formula is C18H18FN5O. The van der Waals surface area contributed by atoms with E-state index in [0.717, 1.165) is 11.1 Å². The van der Waals surface area contributed by atoms with Gasteiger partial charge in [0.05, 0.1) is 5.56 Å². The fraction of sp³-hybridized carbons (Fsp3) is 0.278. The van der Waals surface area contributed by atoms with Gasteiger partial charge in [0, 0.05) is 55.2 Å². The van der Waals surface area contributed by atoms with E-state index in [0.29, 0.717) is 43.2 Å². The Morgan fingerprint density at radius 1 is 1.16 bits per heavy atom. The smallest absolute Gasteiger partial charge is 0.256 e. The molecule has 2 aromatic heterocycles. The maximum Gasteiger partial charge on any atom is 0.256 e. The van der Waals surface area contributed by atoms with Gasteiger partial charge in [-0.15, -0.1) is 0 Å². The lowest BCUT2D eigenvalue weighted by Gasteiger charge is -2.34. The number of H-pyrrole nitrogens is 1. The van der Waals surface area contributed by atoms with Crippen LogP contribution in [0.15, 0.2) is 36.7 Å². The Kier molecular flexibility index (Phi) is 3.83. The molecular weight excluding hydrogens is 321 g/mol. The minimum absolute atomic E-state index is 0.0241. The number of halogens is 1. The number of hydrogen-bond acceptors (Lipinski definition) is 4. The third-order valence-corrected chi connectivity index (χ3v) is 4.56. The van der Waals surface area contributed by atoms with E-state index < -0.39 is 0 Å².